The molecule has 2 amide bonds. The van der Waals surface area contributed by atoms with E-state index in [4.69, 9.17) is 14.2 Å². The van der Waals surface area contributed by atoms with Gasteiger partial charge in [-0.3, -0.25) is 14.4 Å². The number of halogens is 3. The van der Waals surface area contributed by atoms with Gasteiger partial charge in [0.15, 0.2) is 6.61 Å². The van der Waals surface area contributed by atoms with Gasteiger partial charge in [0.25, 0.3) is 5.91 Å². The van der Waals surface area contributed by atoms with Crippen molar-refractivity contribution in [1.29, 1.82) is 0 Å². The molecule has 0 aliphatic carbocycles. The largest absolute Gasteiger partial charge is 0.497 e. The topological polar surface area (TPSA) is 103 Å². The van der Waals surface area contributed by atoms with E-state index >= 15 is 0 Å². The van der Waals surface area contributed by atoms with E-state index in [1.54, 1.807) is 55.6 Å². The molecular weight excluding hydrogens is 505 g/mol. The van der Waals surface area contributed by atoms with Crippen molar-refractivity contribution >= 4 is 29.2 Å². The summed E-state index contributed by atoms with van der Waals surface area (Å²) in [6.45, 7) is -0.660. The van der Waals surface area contributed by atoms with Crippen molar-refractivity contribution in [2.75, 3.05) is 24.4 Å². The first kappa shape index (κ1) is 28.0. The number of methoxy groups -OCH3 is 1. The van der Waals surface area contributed by atoms with Gasteiger partial charge in [0.1, 0.15) is 17.2 Å². The normalized spacial score (nSPS) is 10.8. The Hall–Kier alpha value is -4.54. The Labute approximate surface area is 216 Å². The molecule has 3 aromatic carbocycles. The molecule has 3 rings (SSSR count). The third kappa shape index (κ3) is 9.16. The molecule has 0 fully saturated rings. The van der Waals surface area contributed by atoms with Crippen molar-refractivity contribution in [2.45, 2.75) is 25.4 Å². The zero-order valence-corrected chi connectivity index (χ0v) is 20.3. The highest BCUT2D eigenvalue weighted by molar-refractivity contribution is 5.93. The third-order valence-electron chi connectivity index (χ3n) is 5.06. The molecule has 0 bridgehead atoms. The lowest BCUT2D eigenvalue weighted by Crippen LogP contribution is -2.21. The predicted octanol–water partition coefficient (Wildman–Crippen LogP) is 5.80. The summed E-state index contributed by atoms with van der Waals surface area (Å²) < 4.78 is 53.9. The monoisotopic (exact) mass is 530 g/mol. The molecule has 38 heavy (non-hydrogen) atoms. The van der Waals surface area contributed by atoms with Gasteiger partial charge in [-0.15, -0.1) is 0 Å². The van der Waals surface area contributed by atoms with Crippen molar-refractivity contribution in [1.82, 2.24) is 0 Å². The highest BCUT2D eigenvalue weighted by Gasteiger charge is 2.30. The number of amides is 2. The van der Waals surface area contributed by atoms with Crippen LogP contribution in [0.5, 0.6) is 17.2 Å². The average Bonchev–Trinajstić information content (AvgIpc) is 2.89. The number of benzene rings is 3. The van der Waals surface area contributed by atoms with Gasteiger partial charge in [-0.2, -0.15) is 13.2 Å². The van der Waals surface area contributed by atoms with E-state index < -0.39 is 30.2 Å². The van der Waals surface area contributed by atoms with E-state index in [9.17, 15) is 27.6 Å². The highest BCUT2D eigenvalue weighted by Crippen LogP contribution is 2.30. The summed E-state index contributed by atoms with van der Waals surface area (Å²) in [7, 11) is 1.58. The van der Waals surface area contributed by atoms with E-state index in [1.807, 2.05) is 0 Å². The number of carbonyl (C=O) groups excluding carboxylic acids is 3. The maximum absolute atomic E-state index is 12.7. The highest BCUT2D eigenvalue weighted by atomic mass is 19.4. The van der Waals surface area contributed by atoms with Gasteiger partial charge in [0.2, 0.25) is 5.91 Å². The fourth-order valence-corrected chi connectivity index (χ4v) is 3.19. The molecule has 2 N–H and O–H groups in total. The standard InChI is InChI=1S/C27H25F3N2O6/c1-36-21-12-14-23(15-13-21)38-22-10-8-19(9-11-22)31-24(33)6-3-7-26(35)37-17-25(34)32-20-5-2-4-18(16-20)27(28,29)30/h2,4-5,8-16H,3,6-7,17H2,1H3,(H,31,33)(H,32,34). The number of ether oxygens (including phenoxy) is 3. The Bertz CT molecular complexity index is 1240. The number of carbonyl (C=O) groups is 3. The van der Waals surface area contributed by atoms with E-state index in [0.717, 1.165) is 18.2 Å². The average molecular weight is 530 g/mol. The van der Waals surface area contributed by atoms with Crippen LogP contribution in [0, 0.1) is 0 Å². The second kappa shape index (κ2) is 13.1. The van der Waals surface area contributed by atoms with Crippen LogP contribution in [0.15, 0.2) is 72.8 Å². The first-order valence-electron chi connectivity index (χ1n) is 11.5. The summed E-state index contributed by atoms with van der Waals surface area (Å²) in [4.78, 5) is 35.9. The lowest BCUT2D eigenvalue weighted by atomic mass is 10.2. The van der Waals surface area contributed by atoms with Crippen LogP contribution >= 0.6 is 0 Å². The van der Waals surface area contributed by atoms with Crippen molar-refractivity contribution < 1.29 is 41.8 Å². The molecule has 0 saturated heterocycles. The summed E-state index contributed by atoms with van der Waals surface area (Å²) >= 11 is 0. The molecule has 0 aliphatic heterocycles. The number of nitrogens with one attached hydrogen (secondary N) is 2. The van der Waals surface area contributed by atoms with Gasteiger partial charge < -0.3 is 24.8 Å². The molecule has 3 aromatic rings. The summed E-state index contributed by atoms with van der Waals surface area (Å²) in [6, 6.07) is 17.9. The maximum atomic E-state index is 12.7. The molecular formula is C27H25F3N2O6. The molecule has 0 radical (unpaired) electrons. The lowest BCUT2D eigenvalue weighted by Gasteiger charge is -2.10. The molecule has 0 saturated carbocycles. The Morgan fingerprint density at radius 3 is 2.00 bits per heavy atom. The van der Waals surface area contributed by atoms with E-state index in [-0.39, 0.29) is 30.9 Å². The molecule has 200 valence electrons. The Kier molecular flexibility index (Phi) is 9.69. The number of hydrogen-bond acceptors (Lipinski definition) is 6. The summed E-state index contributed by atoms with van der Waals surface area (Å²) in [5.74, 6) is 0.106. The van der Waals surface area contributed by atoms with E-state index in [2.05, 4.69) is 10.6 Å². The molecule has 0 spiro atoms. The van der Waals surface area contributed by atoms with Crippen LogP contribution in [-0.2, 0) is 25.3 Å². The Morgan fingerprint density at radius 1 is 0.763 bits per heavy atom. The lowest BCUT2D eigenvalue weighted by molar-refractivity contribution is -0.147. The van der Waals surface area contributed by atoms with Crippen LogP contribution in [0.2, 0.25) is 0 Å². The second-order valence-corrected chi connectivity index (χ2v) is 7.99. The first-order valence-corrected chi connectivity index (χ1v) is 11.5. The third-order valence-corrected chi connectivity index (χ3v) is 5.06. The zero-order valence-electron chi connectivity index (χ0n) is 20.3. The van der Waals surface area contributed by atoms with Crippen molar-refractivity contribution in [3.8, 4) is 17.2 Å². The molecule has 0 aromatic heterocycles. The van der Waals surface area contributed by atoms with Crippen molar-refractivity contribution in [2.24, 2.45) is 0 Å². The fraction of sp³-hybridized carbons (Fsp3) is 0.222. The van der Waals surface area contributed by atoms with Gasteiger partial charge in [-0.05, 0) is 73.2 Å². The van der Waals surface area contributed by atoms with E-state index in [0.29, 0.717) is 22.9 Å². The smallest absolute Gasteiger partial charge is 0.416 e. The SMILES string of the molecule is COc1ccc(Oc2ccc(NC(=O)CCCC(=O)OCC(=O)Nc3cccc(C(F)(F)F)c3)cc2)cc1. The van der Waals surface area contributed by atoms with E-state index in [1.165, 1.54) is 6.07 Å². The van der Waals surface area contributed by atoms with Gasteiger partial charge >= 0.3 is 12.1 Å². The summed E-state index contributed by atoms with van der Waals surface area (Å²) in [6.07, 6.45) is -4.44. The van der Waals surface area contributed by atoms with Gasteiger partial charge in [0, 0.05) is 24.2 Å². The minimum Gasteiger partial charge on any atom is -0.497 e. The number of rotatable bonds is 11. The minimum atomic E-state index is -4.55. The maximum Gasteiger partial charge on any atom is 0.416 e. The number of alkyl halides is 3. The number of hydrogen-bond donors (Lipinski definition) is 2. The van der Waals surface area contributed by atoms with Crippen LogP contribution in [0.25, 0.3) is 0 Å². The molecule has 8 nitrogen and oxygen atoms in total. The molecule has 0 heterocycles. The number of anilines is 2. The molecule has 11 heteroatoms. The van der Waals surface area contributed by atoms with Crippen molar-refractivity contribution in [3.63, 3.8) is 0 Å². The molecule has 0 atom stereocenters. The fourth-order valence-electron chi connectivity index (χ4n) is 3.19. The van der Waals surface area contributed by atoms with Crippen LogP contribution in [-0.4, -0.2) is 31.5 Å². The summed E-state index contributed by atoms with van der Waals surface area (Å²) in [5, 5.41) is 4.95. The van der Waals surface area contributed by atoms with Crippen LogP contribution < -0.4 is 20.1 Å². The first-order chi connectivity index (χ1) is 18.1. The predicted molar refractivity (Wildman–Crippen MR) is 133 cm³/mol. The van der Waals surface area contributed by atoms with Crippen molar-refractivity contribution in [3.05, 3.63) is 78.4 Å². The number of esters is 1. The van der Waals surface area contributed by atoms with Gasteiger partial charge in [-0.1, -0.05) is 6.07 Å². The van der Waals surface area contributed by atoms with Gasteiger partial charge in [0.05, 0.1) is 12.7 Å². The Balaban J connectivity index is 1.34. The zero-order chi connectivity index (χ0) is 27.5. The van der Waals surface area contributed by atoms with Gasteiger partial charge in [-0.25, -0.2) is 0 Å². The van der Waals surface area contributed by atoms with Crippen LogP contribution in [0.3, 0.4) is 0 Å². The second-order valence-electron chi connectivity index (χ2n) is 7.99. The molecule has 0 aliphatic rings. The quantitative estimate of drug-likeness (QED) is 0.304. The van der Waals surface area contributed by atoms with Crippen LogP contribution in [0.1, 0.15) is 24.8 Å². The minimum absolute atomic E-state index is 0.0373. The Morgan fingerprint density at radius 2 is 1.37 bits per heavy atom. The summed E-state index contributed by atoms with van der Waals surface area (Å²) in [5.41, 5.74) is -0.438. The van der Waals surface area contributed by atoms with Crippen LogP contribution in [0.4, 0.5) is 24.5 Å². The molecule has 0 unspecified atom stereocenters.